The maximum atomic E-state index is 6.41. The van der Waals surface area contributed by atoms with E-state index < -0.39 is 0 Å². The second-order valence-electron chi connectivity index (χ2n) is 12.8. The zero-order valence-electron chi connectivity index (χ0n) is 27.5. The Balaban J connectivity index is 1.12. The van der Waals surface area contributed by atoms with Gasteiger partial charge in [-0.15, -0.1) is 0 Å². The predicted octanol–water partition coefficient (Wildman–Crippen LogP) is 12.4. The fourth-order valence-corrected chi connectivity index (χ4v) is 7.20. The van der Waals surface area contributed by atoms with Crippen LogP contribution in [-0.4, -0.2) is 15.0 Å². The van der Waals surface area contributed by atoms with E-state index in [-0.39, 0.29) is 0 Å². The number of benzene rings is 8. The van der Waals surface area contributed by atoms with Crippen LogP contribution in [0.4, 0.5) is 0 Å². The molecule has 238 valence electrons. The summed E-state index contributed by atoms with van der Waals surface area (Å²) in [7, 11) is 0. The summed E-state index contributed by atoms with van der Waals surface area (Å²) in [6, 6.07) is 61.0. The van der Waals surface area contributed by atoms with Gasteiger partial charge < -0.3 is 4.42 Å². The van der Waals surface area contributed by atoms with Gasteiger partial charge in [0.1, 0.15) is 11.2 Å². The Bertz CT molecular complexity index is 2910. The number of fused-ring (bicyclic) bond motifs is 7. The second-order valence-corrected chi connectivity index (χ2v) is 12.8. The highest BCUT2D eigenvalue weighted by Gasteiger charge is 2.16. The average molecular weight is 652 g/mol. The highest BCUT2D eigenvalue weighted by Crippen LogP contribution is 2.40. The fourth-order valence-electron chi connectivity index (χ4n) is 7.20. The van der Waals surface area contributed by atoms with Crippen molar-refractivity contribution in [2.75, 3.05) is 0 Å². The van der Waals surface area contributed by atoms with E-state index in [0.29, 0.717) is 17.5 Å². The molecule has 8 aromatic carbocycles. The van der Waals surface area contributed by atoms with E-state index in [1.807, 2.05) is 36.4 Å². The lowest BCUT2D eigenvalue weighted by molar-refractivity contribution is 0.669. The van der Waals surface area contributed by atoms with Gasteiger partial charge in [-0.25, -0.2) is 15.0 Å². The van der Waals surface area contributed by atoms with Crippen LogP contribution in [0, 0.1) is 0 Å². The minimum Gasteiger partial charge on any atom is -0.456 e. The molecule has 2 aromatic heterocycles. The standard InChI is InChI=1S/C47H29N3O/c1-3-11-30(12-4-1)34-16-9-18-37(27-34)46-48-45(33-14-5-2-6-15-33)49-47(50-46)38-19-10-17-35(28-38)36-24-25-41-40(29-36)44-42(51-41)26-23-32-22-21-31-13-7-8-20-39(31)43(32)44/h1-29H. The first kappa shape index (κ1) is 29.0. The number of rotatable bonds is 5. The molecule has 0 fully saturated rings. The molecule has 0 aliphatic rings. The van der Waals surface area contributed by atoms with E-state index in [1.165, 1.54) is 21.5 Å². The Kier molecular flexibility index (Phi) is 6.78. The van der Waals surface area contributed by atoms with E-state index >= 15 is 0 Å². The van der Waals surface area contributed by atoms with Crippen LogP contribution in [-0.2, 0) is 0 Å². The topological polar surface area (TPSA) is 51.8 Å². The Hall–Kier alpha value is -6.91. The van der Waals surface area contributed by atoms with Crippen molar-refractivity contribution in [2.24, 2.45) is 0 Å². The van der Waals surface area contributed by atoms with Crippen molar-refractivity contribution in [1.29, 1.82) is 0 Å². The first-order valence-electron chi connectivity index (χ1n) is 17.1. The van der Waals surface area contributed by atoms with Gasteiger partial charge in [0.25, 0.3) is 0 Å². The van der Waals surface area contributed by atoms with Crippen LogP contribution in [0.5, 0.6) is 0 Å². The van der Waals surface area contributed by atoms with Gasteiger partial charge in [0.05, 0.1) is 0 Å². The third kappa shape index (κ3) is 5.13. The molecule has 0 amide bonds. The summed E-state index contributed by atoms with van der Waals surface area (Å²) >= 11 is 0. The molecule has 0 atom stereocenters. The van der Waals surface area contributed by atoms with Gasteiger partial charge in [0.2, 0.25) is 0 Å². The normalized spacial score (nSPS) is 11.5. The molecule has 0 aliphatic carbocycles. The molecule has 2 heterocycles. The van der Waals surface area contributed by atoms with Crippen molar-refractivity contribution in [3.05, 3.63) is 176 Å². The number of hydrogen-bond acceptors (Lipinski definition) is 4. The summed E-state index contributed by atoms with van der Waals surface area (Å²) in [6.45, 7) is 0. The molecule has 10 aromatic rings. The number of hydrogen-bond donors (Lipinski definition) is 0. The molecule has 0 radical (unpaired) electrons. The highest BCUT2D eigenvalue weighted by atomic mass is 16.3. The van der Waals surface area contributed by atoms with Crippen molar-refractivity contribution in [1.82, 2.24) is 15.0 Å². The van der Waals surface area contributed by atoms with Crippen molar-refractivity contribution < 1.29 is 4.42 Å². The summed E-state index contributed by atoms with van der Waals surface area (Å²) in [5.41, 5.74) is 8.98. The minimum atomic E-state index is 0.623. The molecule has 0 saturated heterocycles. The monoisotopic (exact) mass is 651 g/mol. The molecule has 10 rings (SSSR count). The first-order chi connectivity index (χ1) is 25.2. The lowest BCUT2D eigenvalue weighted by Gasteiger charge is -2.11. The van der Waals surface area contributed by atoms with Crippen LogP contribution >= 0.6 is 0 Å². The van der Waals surface area contributed by atoms with Gasteiger partial charge in [0.15, 0.2) is 17.5 Å². The van der Waals surface area contributed by atoms with Gasteiger partial charge >= 0.3 is 0 Å². The molecule has 51 heavy (non-hydrogen) atoms. The highest BCUT2D eigenvalue weighted by molar-refractivity contribution is 6.26. The van der Waals surface area contributed by atoms with E-state index in [4.69, 9.17) is 19.4 Å². The smallest absolute Gasteiger partial charge is 0.164 e. The van der Waals surface area contributed by atoms with E-state index in [2.05, 4.69) is 140 Å². The van der Waals surface area contributed by atoms with E-state index in [9.17, 15) is 0 Å². The van der Waals surface area contributed by atoms with Gasteiger partial charge in [-0.2, -0.15) is 0 Å². The summed E-state index contributed by atoms with van der Waals surface area (Å²) in [6.07, 6.45) is 0. The quantitative estimate of drug-likeness (QED) is 0.174. The third-order valence-corrected chi connectivity index (χ3v) is 9.69. The SMILES string of the molecule is c1ccc(-c2cccc(-c3nc(-c4ccccc4)nc(-c4cccc(-c5ccc6oc7ccc8ccc9ccccc9c8c7c6c5)c4)n3)c2)cc1. The van der Waals surface area contributed by atoms with Crippen LogP contribution in [0.25, 0.3) is 99.9 Å². The molecular weight excluding hydrogens is 623 g/mol. The summed E-state index contributed by atoms with van der Waals surface area (Å²) in [5, 5.41) is 7.11. The molecule has 0 spiro atoms. The predicted molar refractivity (Wildman–Crippen MR) is 209 cm³/mol. The minimum absolute atomic E-state index is 0.623. The maximum Gasteiger partial charge on any atom is 0.164 e. The lowest BCUT2D eigenvalue weighted by atomic mass is 9.96. The molecule has 0 unspecified atom stereocenters. The molecule has 0 N–H and O–H groups in total. The summed E-state index contributed by atoms with van der Waals surface area (Å²) in [4.78, 5) is 15.1. The van der Waals surface area contributed by atoms with E-state index in [0.717, 1.165) is 60.9 Å². The van der Waals surface area contributed by atoms with Gasteiger partial charge in [0, 0.05) is 32.8 Å². The van der Waals surface area contributed by atoms with Gasteiger partial charge in [-0.1, -0.05) is 146 Å². The van der Waals surface area contributed by atoms with Crippen molar-refractivity contribution >= 4 is 43.5 Å². The molecule has 0 bridgehead atoms. The molecule has 4 heteroatoms. The van der Waals surface area contributed by atoms with Crippen LogP contribution in [0.3, 0.4) is 0 Å². The van der Waals surface area contributed by atoms with Crippen LogP contribution in [0.2, 0.25) is 0 Å². The Morgan fingerprint density at radius 2 is 0.804 bits per heavy atom. The largest absolute Gasteiger partial charge is 0.456 e. The van der Waals surface area contributed by atoms with Gasteiger partial charge in [-0.05, 0) is 68.7 Å². The van der Waals surface area contributed by atoms with Crippen molar-refractivity contribution in [2.45, 2.75) is 0 Å². The Morgan fingerprint density at radius 3 is 1.53 bits per heavy atom. The molecule has 0 saturated carbocycles. The molecular formula is C47H29N3O. The van der Waals surface area contributed by atoms with Crippen molar-refractivity contribution in [3.63, 3.8) is 0 Å². The molecule has 4 nitrogen and oxygen atoms in total. The zero-order valence-corrected chi connectivity index (χ0v) is 27.5. The van der Waals surface area contributed by atoms with Crippen LogP contribution < -0.4 is 0 Å². The Morgan fingerprint density at radius 1 is 0.294 bits per heavy atom. The number of nitrogens with zero attached hydrogens (tertiary/aromatic N) is 3. The van der Waals surface area contributed by atoms with Crippen LogP contribution in [0.15, 0.2) is 180 Å². The molecule has 0 aliphatic heterocycles. The second kappa shape index (κ2) is 11.9. The summed E-state index contributed by atoms with van der Waals surface area (Å²) < 4.78 is 6.41. The number of aromatic nitrogens is 3. The average Bonchev–Trinajstić information content (AvgIpc) is 3.59. The Labute approximate surface area is 294 Å². The lowest BCUT2D eigenvalue weighted by Crippen LogP contribution is -2.00. The van der Waals surface area contributed by atoms with Crippen molar-refractivity contribution in [3.8, 4) is 56.4 Å². The fraction of sp³-hybridized carbons (Fsp3) is 0. The summed E-state index contributed by atoms with van der Waals surface area (Å²) in [5.74, 6) is 1.89. The maximum absolute atomic E-state index is 6.41. The van der Waals surface area contributed by atoms with E-state index in [1.54, 1.807) is 0 Å². The third-order valence-electron chi connectivity index (χ3n) is 9.69. The zero-order chi connectivity index (χ0) is 33.7. The first-order valence-corrected chi connectivity index (χ1v) is 17.1. The van der Waals surface area contributed by atoms with Gasteiger partial charge in [-0.3, -0.25) is 0 Å². The number of furan rings is 1. The van der Waals surface area contributed by atoms with Crippen LogP contribution in [0.1, 0.15) is 0 Å².